The second kappa shape index (κ2) is 7.28. The molecule has 0 unspecified atom stereocenters. The van der Waals surface area contributed by atoms with Crippen LogP contribution in [0.15, 0.2) is 53.9 Å². The number of anilines is 2. The Labute approximate surface area is 120 Å². The van der Waals surface area contributed by atoms with E-state index in [-0.39, 0.29) is 0 Å². The molecule has 0 radical (unpaired) electrons. The Kier molecular flexibility index (Phi) is 5.12. The summed E-state index contributed by atoms with van der Waals surface area (Å²) in [5, 5.41) is 4.21. The normalized spacial score (nSPS) is 10.7. The molecule has 0 amide bonds. The van der Waals surface area contributed by atoms with Crippen LogP contribution in [-0.4, -0.2) is 24.3 Å². The lowest BCUT2D eigenvalue weighted by molar-refractivity contribution is 0.866. The third-order valence-electron chi connectivity index (χ3n) is 3.11. The van der Waals surface area contributed by atoms with Gasteiger partial charge in [0.25, 0.3) is 0 Å². The molecule has 0 atom stereocenters. The predicted molar refractivity (Wildman–Crippen MR) is 85.5 cm³/mol. The van der Waals surface area contributed by atoms with Gasteiger partial charge in [-0.05, 0) is 43.7 Å². The largest absolute Gasteiger partial charge is 0.372 e. The lowest BCUT2D eigenvalue weighted by Gasteiger charge is -2.20. The molecular weight excluding hydrogens is 248 g/mol. The van der Waals surface area contributed by atoms with Gasteiger partial charge in [-0.1, -0.05) is 12.1 Å². The average molecular weight is 268 g/mol. The zero-order valence-electron chi connectivity index (χ0n) is 12.0. The summed E-state index contributed by atoms with van der Waals surface area (Å²) in [6.45, 7) is 6.37. The molecule has 2 aromatic rings. The molecule has 20 heavy (non-hydrogen) atoms. The zero-order chi connectivity index (χ0) is 14.2. The summed E-state index contributed by atoms with van der Waals surface area (Å²) in [4.78, 5) is 6.27. The SMILES string of the molecule is CCN(CC)c1ccc(/C=N/Nc2ccncc2)cc1. The van der Waals surface area contributed by atoms with Gasteiger partial charge >= 0.3 is 0 Å². The Morgan fingerprint density at radius 2 is 1.70 bits per heavy atom. The minimum Gasteiger partial charge on any atom is -0.372 e. The van der Waals surface area contributed by atoms with Crippen molar-refractivity contribution < 1.29 is 0 Å². The maximum absolute atomic E-state index is 4.21. The molecule has 1 aromatic heterocycles. The molecule has 2 rings (SSSR count). The van der Waals surface area contributed by atoms with Gasteiger partial charge in [0.15, 0.2) is 0 Å². The topological polar surface area (TPSA) is 40.5 Å². The Morgan fingerprint density at radius 1 is 1.05 bits per heavy atom. The molecule has 0 aliphatic rings. The molecule has 1 heterocycles. The Balaban J connectivity index is 1.97. The lowest BCUT2D eigenvalue weighted by Crippen LogP contribution is -2.21. The van der Waals surface area contributed by atoms with Crippen molar-refractivity contribution in [2.24, 2.45) is 5.10 Å². The molecule has 1 N–H and O–H groups in total. The second-order valence-electron chi connectivity index (χ2n) is 4.37. The molecule has 0 saturated carbocycles. The quantitative estimate of drug-likeness (QED) is 0.645. The zero-order valence-corrected chi connectivity index (χ0v) is 12.0. The fraction of sp³-hybridized carbons (Fsp3) is 0.250. The highest BCUT2D eigenvalue weighted by atomic mass is 15.3. The van der Waals surface area contributed by atoms with Gasteiger partial charge in [-0.25, -0.2) is 0 Å². The van der Waals surface area contributed by atoms with E-state index in [0.717, 1.165) is 24.3 Å². The van der Waals surface area contributed by atoms with Gasteiger partial charge in [-0.3, -0.25) is 10.4 Å². The molecule has 0 bridgehead atoms. The summed E-state index contributed by atoms with van der Waals surface area (Å²) < 4.78 is 0. The van der Waals surface area contributed by atoms with Gasteiger partial charge in [0, 0.05) is 31.2 Å². The van der Waals surface area contributed by atoms with E-state index in [1.807, 2.05) is 18.3 Å². The maximum Gasteiger partial charge on any atom is 0.0592 e. The number of rotatable bonds is 6. The fourth-order valence-corrected chi connectivity index (χ4v) is 1.97. The van der Waals surface area contributed by atoms with Crippen molar-refractivity contribution in [3.63, 3.8) is 0 Å². The number of aromatic nitrogens is 1. The van der Waals surface area contributed by atoms with E-state index < -0.39 is 0 Å². The number of hydrogen-bond donors (Lipinski definition) is 1. The fourth-order valence-electron chi connectivity index (χ4n) is 1.97. The van der Waals surface area contributed by atoms with E-state index in [1.165, 1.54) is 5.69 Å². The van der Waals surface area contributed by atoms with Crippen molar-refractivity contribution in [1.82, 2.24) is 4.98 Å². The molecule has 0 aliphatic carbocycles. The van der Waals surface area contributed by atoms with Crippen LogP contribution in [0.2, 0.25) is 0 Å². The van der Waals surface area contributed by atoms with Crippen molar-refractivity contribution in [2.45, 2.75) is 13.8 Å². The number of nitrogens with zero attached hydrogens (tertiary/aromatic N) is 3. The number of hydrazone groups is 1. The Bertz CT molecular complexity index is 530. The molecular formula is C16H20N4. The smallest absolute Gasteiger partial charge is 0.0592 e. The van der Waals surface area contributed by atoms with E-state index in [4.69, 9.17) is 0 Å². The van der Waals surface area contributed by atoms with Gasteiger partial charge in [0.05, 0.1) is 11.9 Å². The summed E-state index contributed by atoms with van der Waals surface area (Å²) in [7, 11) is 0. The first-order valence-electron chi connectivity index (χ1n) is 6.87. The van der Waals surface area contributed by atoms with E-state index in [0.29, 0.717) is 0 Å². The van der Waals surface area contributed by atoms with Gasteiger partial charge in [-0.15, -0.1) is 0 Å². The molecule has 104 valence electrons. The van der Waals surface area contributed by atoms with Crippen molar-refractivity contribution in [3.05, 3.63) is 54.4 Å². The number of nitrogens with one attached hydrogen (secondary N) is 1. The molecule has 4 nitrogen and oxygen atoms in total. The van der Waals surface area contributed by atoms with Crippen molar-refractivity contribution in [1.29, 1.82) is 0 Å². The van der Waals surface area contributed by atoms with E-state index in [9.17, 15) is 0 Å². The third kappa shape index (κ3) is 3.82. The Hall–Kier alpha value is -2.36. The minimum atomic E-state index is 0.927. The predicted octanol–water partition coefficient (Wildman–Crippen LogP) is 3.37. The van der Waals surface area contributed by atoms with Crippen molar-refractivity contribution in [3.8, 4) is 0 Å². The van der Waals surface area contributed by atoms with Crippen LogP contribution < -0.4 is 10.3 Å². The minimum absolute atomic E-state index is 0.927. The van der Waals surface area contributed by atoms with Gasteiger partial charge in [0.2, 0.25) is 0 Å². The lowest BCUT2D eigenvalue weighted by atomic mass is 10.2. The van der Waals surface area contributed by atoms with Crippen LogP contribution in [0.5, 0.6) is 0 Å². The van der Waals surface area contributed by atoms with E-state index >= 15 is 0 Å². The molecule has 0 spiro atoms. The van der Waals surface area contributed by atoms with Crippen LogP contribution in [0.1, 0.15) is 19.4 Å². The first-order valence-corrected chi connectivity index (χ1v) is 6.87. The van der Waals surface area contributed by atoms with E-state index in [2.05, 4.69) is 58.5 Å². The van der Waals surface area contributed by atoms with Crippen LogP contribution in [0.25, 0.3) is 0 Å². The summed E-state index contributed by atoms with van der Waals surface area (Å²) >= 11 is 0. The summed E-state index contributed by atoms with van der Waals surface area (Å²) in [6, 6.07) is 12.2. The molecule has 0 fully saturated rings. The highest BCUT2D eigenvalue weighted by Crippen LogP contribution is 2.14. The van der Waals surface area contributed by atoms with Crippen molar-refractivity contribution >= 4 is 17.6 Å². The Morgan fingerprint density at radius 3 is 2.30 bits per heavy atom. The van der Waals surface area contributed by atoms with Gasteiger partial charge in [-0.2, -0.15) is 5.10 Å². The average Bonchev–Trinajstić information content (AvgIpc) is 2.51. The summed E-state index contributed by atoms with van der Waals surface area (Å²) in [6.07, 6.45) is 5.28. The van der Waals surface area contributed by atoms with Gasteiger partial charge < -0.3 is 4.90 Å². The first kappa shape index (κ1) is 14.1. The number of pyridine rings is 1. The molecule has 1 aromatic carbocycles. The summed E-state index contributed by atoms with van der Waals surface area (Å²) in [5.74, 6) is 0. The van der Waals surface area contributed by atoms with Crippen LogP contribution >= 0.6 is 0 Å². The second-order valence-corrected chi connectivity index (χ2v) is 4.37. The van der Waals surface area contributed by atoms with Crippen LogP contribution in [0.4, 0.5) is 11.4 Å². The molecule has 0 aliphatic heterocycles. The van der Waals surface area contributed by atoms with E-state index in [1.54, 1.807) is 12.4 Å². The molecule has 4 heteroatoms. The monoisotopic (exact) mass is 268 g/mol. The maximum atomic E-state index is 4.21. The van der Waals surface area contributed by atoms with Crippen molar-refractivity contribution in [2.75, 3.05) is 23.4 Å². The van der Waals surface area contributed by atoms with Gasteiger partial charge in [0.1, 0.15) is 0 Å². The highest BCUT2D eigenvalue weighted by Gasteiger charge is 2.00. The highest BCUT2D eigenvalue weighted by molar-refractivity contribution is 5.80. The van der Waals surface area contributed by atoms with Crippen LogP contribution in [-0.2, 0) is 0 Å². The standard InChI is InChI=1S/C16H20N4/c1-3-20(4-2)16-7-5-14(6-8-16)13-18-19-15-9-11-17-12-10-15/h5-13H,3-4H2,1-2H3,(H,17,19)/b18-13+. The first-order chi connectivity index (χ1) is 9.83. The summed E-state index contributed by atoms with van der Waals surface area (Å²) in [5.41, 5.74) is 6.22. The van der Waals surface area contributed by atoms with Crippen LogP contribution in [0.3, 0.4) is 0 Å². The van der Waals surface area contributed by atoms with Crippen LogP contribution in [0, 0.1) is 0 Å². The number of hydrogen-bond acceptors (Lipinski definition) is 4. The third-order valence-corrected chi connectivity index (χ3v) is 3.11. The molecule has 0 saturated heterocycles. The number of benzene rings is 1.